The number of ether oxygens (including phenoxy) is 2. The maximum atomic E-state index is 12.9. The Hall–Kier alpha value is -3.06. The molecule has 140 valence electrons. The number of pyridine rings is 1. The minimum Gasteiger partial charge on any atom is -0.454 e. The number of fused-ring (bicyclic) bond motifs is 2. The van der Waals surface area contributed by atoms with Gasteiger partial charge < -0.3 is 19.2 Å². The molecule has 27 heavy (non-hydrogen) atoms. The molecule has 0 bridgehead atoms. The average Bonchev–Trinajstić information content (AvgIpc) is 3.26. The molecule has 2 aromatic heterocycles. The number of benzene rings is 1. The Morgan fingerprint density at radius 3 is 2.85 bits per heavy atom. The second kappa shape index (κ2) is 6.92. The van der Waals surface area contributed by atoms with E-state index in [0.717, 1.165) is 22.6 Å². The van der Waals surface area contributed by atoms with Crippen molar-refractivity contribution in [3.63, 3.8) is 0 Å². The molecule has 0 radical (unpaired) electrons. The van der Waals surface area contributed by atoms with Crippen LogP contribution in [0.5, 0.6) is 11.5 Å². The van der Waals surface area contributed by atoms with Crippen molar-refractivity contribution < 1.29 is 14.3 Å². The van der Waals surface area contributed by atoms with Gasteiger partial charge >= 0.3 is 0 Å². The van der Waals surface area contributed by atoms with E-state index >= 15 is 0 Å². The number of imidazole rings is 1. The van der Waals surface area contributed by atoms with Gasteiger partial charge in [-0.15, -0.1) is 0 Å². The van der Waals surface area contributed by atoms with E-state index in [2.05, 4.69) is 10.3 Å². The third-order valence-electron chi connectivity index (χ3n) is 4.67. The maximum Gasteiger partial charge on any atom is 0.242 e. The fourth-order valence-corrected chi connectivity index (χ4v) is 3.33. The van der Waals surface area contributed by atoms with E-state index in [1.165, 1.54) is 0 Å². The minimum atomic E-state index is -0.432. The summed E-state index contributed by atoms with van der Waals surface area (Å²) in [5.41, 5.74) is 3.65. The molecular formula is C20H22N4O3. The first-order valence-corrected chi connectivity index (χ1v) is 8.80. The molecule has 1 aliphatic heterocycles. The number of rotatable bonds is 5. The molecule has 1 atom stereocenters. The standard InChI is InChI=1S/C20H22N4O3/c1-13-5-4-6-18-22-15(11-24(13)18)10-21-20(25)19(23(2)3)14-7-8-16-17(9-14)27-12-26-16/h4-9,11,19H,10,12H2,1-3H3,(H,21,25)/t19-/m1/s1. The van der Waals surface area contributed by atoms with Gasteiger partial charge in [0.1, 0.15) is 11.7 Å². The number of nitrogens with one attached hydrogen (secondary N) is 1. The van der Waals surface area contributed by atoms with Crippen molar-refractivity contribution in [1.29, 1.82) is 0 Å². The maximum absolute atomic E-state index is 12.9. The quantitative estimate of drug-likeness (QED) is 0.750. The van der Waals surface area contributed by atoms with Crippen LogP contribution in [0, 0.1) is 6.92 Å². The van der Waals surface area contributed by atoms with E-state index in [0.29, 0.717) is 18.0 Å². The zero-order valence-electron chi connectivity index (χ0n) is 15.6. The molecule has 0 saturated heterocycles. The second-order valence-electron chi connectivity index (χ2n) is 6.82. The van der Waals surface area contributed by atoms with Gasteiger partial charge in [-0.2, -0.15) is 0 Å². The number of amides is 1. The Morgan fingerprint density at radius 1 is 1.26 bits per heavy atom. The Morgan fingerprint density at radius 2 is 2.07 bits per heavy atom. The summed E-state index contributed by atoms with van der Waals surface area (Å²) in [5.74, 6) is 1.28. The fraction of sp³-hybridized carbons (Fsp3) is 0.300. The van der Waals surface area contributed by atoms with Crippen molar-refractivity contribution in [3.8, 4) is 11.5 Å². The highest BCUT2D eigenvalue weighted by molar-refractivity contribution is 5.83. The highest BCUT2D eigenvalue weighted by atomic mass is 16.7. The van der Waals surface area contributed by atoms with Crippen molar-refractivity contribution in [1.82, 2.24) is 19.6 Å². The summed E-state index contributed by atoms with van der Waals surface area (Å²) in [6.45, 7) is 2.61. The highest BCUT2D eigenvalue weighted by Crippen LogP contribution is 2.35. The highest BCUT2D eigenvalue weighted by Gasteiger charge is 2.25. The molecule has 3 heterocycles. The predicted molar refractivity (Wildman–Crippen MR) is 101 cm³/mol. The normalized spacial score (nSPS) is 13.9. The van der Waals surface area contributed by atoms with Crippen LogP contribution in [0.4, 0.5) is 0 Å². The molecule has 0 fully saturated rings. The summed E-state index contributed by atoms with van der Waals surface area (Å²) in [5, 5.41) is 3.00. The van der Waals surface area contributed by atoms with Gasteiger partial charge in [0, 0.05) is 11.9 Å². The van der Waals surface area contributed by atoms with Crippen LogP contribution in [0.2, 0.25) is 0 Å². The van der Waals surface area contributed by atoms with E-state index in [1.54, 1.807) is 0 Å². The SMILES string of the molecule is Cc1cccc2nc(CNC(=O)[C@@H](c3ccc4c(c3)OCO4)N(C)C)cn12. The lowest BCUT2D eigenvalue weighted by atomic mass is 10.0. The monoisotopic (exact) mass is 366 g/mol. The molecule has 1 amide bonds. The van der Waals surface area contributed by atoms with Gasteiger partial charge in [-0.3, -0.25) is 9.69 Å². The molecule has 4 rings (SSSR count). The van der Waals surface area contributed by atoms with Crippen molar-refractivity contribution in [2.45, 2.75) is 19.5 Å². The lowest BCUT2D eigenvalue weighted by molar-refractivity contribution is -0.126. The number of carbonyl (C=O) groups is 1. The van der Waals surface area contributed by atoms with Crippen molar-refractivity contribution in [2.75, 3.05) is 20.9 Å². The van der Waals surface area contributed by atoms with Gasteiger partial charge in [0.2, 0.25) is 12.7 Å². The molecule has 0 unspecified atom stereocenters. The van der Waals surface area contributed by atoms with Crippen LogP contribution < -0.4 is 14.8 Å². The smallest absolute Gasteiger partial charge is 0.242 e. The van der Waals surface area contributed by atoms with Gasteiger partial charge in [0.05, 0.1) is 12.2 Å². The topological polar surface area (TPSA) is 68.1 Å². The molecule has 1 N–H and O–H groups in total. The van der Waals surface area contributed by atoms with E-state index in [1.807, 2.05) is 72.9 Å². The molecule has 0 aliphatic carbocycles. The van der Waals surface area contributed by atoms with Crippen LogP contribution in [0.25, 0.3) is 5.65 Å². The molecule has 0 saturated carbocycles. The summed E-state index contributed by atoms with van der Waals surface area (Å²) in [7, 11) is 3.76. The molecule has 7 heteroatoms. The zero-order chi connectivity index (χ0) is 19.0. The number of nitrogens with zero attached hydrogens (tertiary/aromatic N) is 3. The summed E-state index contributed by atoms with van der Waals surface area (Å²) < 4.78 is 12.8. The number of likely N-dealkylation sites (N-methyl/N-ethyl adjacent to an activating group) is 1. The zero-order valence-corrected chi connectivity index (χ0v) is 15.6. The number of hydrogen-bond acceptors (Lipinski definition) is 5. The number of aryl methyl sites for hydroxylation is 1. The number of carbonyl (C=O) groups excluding carboxylic acids is 1. The molecular weight excluding hydrogens is 344 g/mol. The van der Waals surface area contributed by atoms with Crippen molar-refractivity contribution >= 4 is 11.6 Å². The van der Waals surface area contributed by atoms with Gasteiger partial charge in [-0.25, -0.2) is 4.98 Å². The minimum absolute atomic E-state index is 0.0901. The Labute approximate surface area is 157 Å². The summed E-state index contributed by atoms with van der Waals surface area (Å²) in [4.78, 5) is 19.3. The van der Waals surface area contributed by atoms with Gasteiger partial charge in [-0.05, 0) is 50.8 Å². The second-order valence-corrected chi connectivity index (χ2v) is 6.82. The fourth-order valence-electron chi connectivity index (χ4n) is 3.33. The lowest BCUT2D eigenvalue weighted by Gasteiger charge is -2.23. The van der Waals surface area contributed by atoms with E-state index in [4.69, 9.17) is 9.47 Å². The van der Waals surface area contributed by atoms with Gasteiger partial charge in [0.15, 0.2) is 11.5 Å². The first kappa shape index (κ1) is 17.4. The predicted octanol–water partition coefficient (Wildman–Crippen LogP) is 2.29. The van der Waals surface area contributed by atoms with Crippen LogP contribution >= 0.6 is 0 Å². The Bertz CT molecular complexity index is 996. The summed E-state index contributed by atoms with van der Waals surface area (Å²) in [6.07, 6.45) is 1.95. The molecule has 7 nitrogen and oxygen atoms in total. The Kier molecular flexibility index (Phi) is 4.45. The summed E-state index contributed by atoms with van der Waals surface area (Å²) >= 11 is 0. The number of aromatic nitrogens is 2. The average molecular weight is 366 g/mol. The lowest BCUT2D eigenvalue weighted by Crippen LogP contribution is -2.36. The van der Waals surface area contributed by atoms with Crippen LogP contribution in [0.15, 0.2) is 42.6 Å². The molecule has 1 aromatic carbocycles. The number of hydrogen-bond donors (Lipinski definition) is 1. The first-order valence-electron chi connectivity index (χ1n) is 8.80. The molecule has 3 aromatic rings. The molecule has 0 spiro atoms. The van der Waals surface area contributed by atoms with Gasteiger partial charge in [-0.1, -0.05) is 12.1 Å². The van der Waals surface area contributed by atoms with E-state index in [-0.39, 0.29) is 12.7 Å². The van der Waals surface area contributed by atoms with Crippen molar-refractivity contribution in [3.05, 3.63) is 59.5 Å². The summed E-state index contributed by atoms with van der Waals surface area (Å²) in [6, 6.07) is 11.1. The van der Waals surface area contributed by atoms with Crippen LogP contribution in [-0.4, -0.2) is 41.1 Å². The van der Waals surface area contributed by atoms with E-state index in [9.17, 15) is 4.79 Å². The largest absolute Gasteiger partial charge is 0.454 e. The van der Waals surface area contributed by atoms with Crippen LogP contribution in [0.3, 0.4) is 0 Å². The third-order valence-corrected chi connectivity index (χ3v) is 4.67. The third kappa shape index (κ3) is 3.33. The van der Waals surface area contributed by atoms with Crippen LogP contribution in [-0.2, 0) is 11.3 Å². The first-order chi connectivity index (χ1) is 13.0. The Balaban J connectivity index is 1.51. The van der Waals surface area contributed by atoms with Crippen LogP contribution in [0.1, 0.15) is 23.0 Å². The van der Waals surface area contributed by atoms with Crippen molar-refractivity contribution in [2.24, 2.45) is 0 Å². The van der Waals surface area contributed by atoms with E-state index < -0.39 is 6.04 Å². The van der Waals surface area contributed by atoms with Gasteiger partial charge in [0.25, 0.3) is 0 Å². The molecule has 1 aliphatic rings.